The van der Waals surface area contributed by atoms with Crippen LogP contribution in [0.5, 0.6) is 0 Å². The van der Waals surface area contributed by atoms with E-state index in [-0.39, 0.29) is 10.8 Å². The van der Waals surface area contributed by atoms with Crippen molar-refractivity contribution in [3.63, 3.8) is 0 Å². The minimum absolute atomic E-state index is 0.0680. The van der Waals surface area contributed by atoms with Crippen LogP contribution in [0, 0.1) is 17.7 Å². The van der Waals surface area contributed by atoms with Gasteiger partial charge in [-0.25, -0.2) is 4.39 Å². The molecule has 1 atom stereocenters. The van der Waals surface area contributed by atoms with Gasteiger partial charge in [0, 0.05) is 12.8 Å². The Balaban J connectivity index is 2.48. The molecule has 0 aliphatic carbocycles. The van der Waals surface area contributed by atoms with Crippen LogP contribution in [0.3, 0.4) is 0 Å². The summed E-state index contributed by atoms with van der Waals surface area (Å²) in [7, 11) is 0. The number of halogens is 2. The number of ketones is 1. The zero-order valence-corrected chi connectivity index (χ0v) is 12.9. The standard InChI is InChI=1S/C16H23ClFNO/c1-11(2)13(7-8-19)4-5-14(20)9-12-3-6-16(18)15(17)10-12/h3,6,10-11,13H,4-5,7-9,19H2,1-2H3. The minimum Gasteiger partial charge on any atom is -0.330 e. The Hall–Kier alpha value is -0.930. The number of nitrogens with two attached hydrogens (primary N) is 1. The van der Waals surface area contributed by atoms with Crippen molar-refractivity contribution in [2.45, 2.75) is 39.5 Å². The van der Waals surface area contributed by atoms with Crippen LogP contribution in [-0.4, -0.2) is 12.3 Å². The van der Waals surface area contributed by atoms with Crippen molar-refractivity contribution in [3.05, 3.63) is 34.6 Å². The molecule has 0 aliphatic rings. The molecule has 0 aliphatic heterocycles. The number of Topliss-reactive ketones (excluding diaryl/α,β-unsaturated/α-hetero) is 1. The topological polar surface area (TPSA) is 43.1 Å². The summed E-state index contributed by atoms with van der Waals surface area (Å²) >= 11 is 5.71. The van der Waals surface area contributed by atoms with Gasteiger partial charge in [-0.2, -0.15) is 0 Å². The van der Waals surface area contributed by atoms with Crippen molar-refractivity contribution in [3.8, 4) is 0 Å². The lowest BCUT2D eigenvalue weighted by atomic mass is 9.87. The summed E-state index contributed by atoms with van der Waals surface area (Å²) in [4.78, 5) is 12.0. The average Bonchev–Trinajstić information content (AvgIpc) is 2.38. The summed E-state index contributed by atoms with van der Waals surface area (Å²) in [6, 6.07) is 4.43. The summed E-state index contributed by atoms with van der Waals surface area (Å²) in [5, 5.41) is 0.0680. The molecular weight excluding hydrogens is 277 g/mol. The smallest absolute Gasteiger partial charge is 0.141 e. The fourth-order valence-electron chi connectivity index (χ4n) is 2.34. The van der Waals surface area contributed by atoms with Gasteiger partial charge in [0.15, 0.2) is 0 Å². The van der Waals surface area contributed by atoms with Crippen molar-refractivity contribution < 1.29 is 9.18 Å². The summed E-state index contributed by atoms with van der Waals surface area (Å²) in [5.41, 5.74) is 6.36. The van der Waals surface area contributed by atoms with E-state index in [0.29, 0.717) is 31.2 Å². The van der Waals surface area contributed by atoms with E-state index in [9.17, 15) is 9.18 Å². The number of rotatable bonds is 8. The maximum absolute atomic E-state index is 13.0. The van der Waals surface area contributed by atoms with Gasteiger partial charge in [-0.3, -0.25) is 4.79 Å². The Kier molecular flexibility index (Phi) is 7.17. The summed E-state index contributed by atoms with van der Waals surface area (Å²) < 4.78 is 13.0. The van der Waals surface area contributed by atoms with Crippen molar-refractivity contribution in [1.82, 2.24) is 0 Å². The molecule has 0 saturated carbocycles. The Morgan fingerprint density at radius 2 is 2.05 bits per heavy atom. The van der Waals surface area contributed by atoms with Crippen LogP contribution >= 0.6 is 11.6 Å². The molecule has 0 aromatic heterocycles. The SMILES string of the molecule is CC(C)C(CCN)CCC(=O)Cc1ccc(F)c(Cl)c1. The van der Waals surface area contributed by atoms with Crippen LogP contribution in [0.1, 0.15) is 38.7 Å². The molecule has 0 bridgehead atoms. The number of benzene rings is 1. The third-order valence-corrected chi connectivity index (χ3v) is 3.95. The molecular formula is C16H23ClFNO. The molecule has 0 amide bonds. The lowest BCUT2D eigenvalue weighted by molar-refractivity contribution is -0.118. The van der Waals surface area contributed by atoms with Crippen molar-refractivity contribution in [2.24, 2.45) is 17.6 Å². The van der Waals surface area contributed by atoms with E-state index in [1.807, 2.05) is 0 Å². The van der Waals surface area contributed by atoms with E-state index in [1.54, 1.807) is 6.07 Å². The number of hydrogen-bond acceptors (Lipinski definition) is 2. The molecule has 2 N–H and O–H groups in total. The zero-order chi connectivity index (χ0) is 15.1. The molecule has 0 heterocycles. The first kappa shape index (κ1) is 17.1. The fraction of sp³-hybridized carbons (Fsp3) is 0.562. The van der Waals surface area contributed by atoms with E-state index >= 15 is 0 Å². The van der Waals surface area contributed by atoms with E-state index in [0.717, 1.165) is 18.4 Å². The average molecular weight is 300 g/mol. The molecule has 20 heavy (non-hydrogen) atoms. The van der Waals surface area contributed by atoms with Crippen LogP contribution in [-0.2, 0) is 11.2 Å². The van der Waals surface area contributed by atoms with E-state index < -0.39 is 5.82 Å². The van der Waals surface area contributed by atoms with Crippen molar-refractivity contribution in [2.75, 3.05) is 6.54 Å². The number of carbonyl (C=O) groups excluding carboxylic acids is 1. The predicted octanol–water partition coefficient (Wildman–Crippen LogP) is 3.99. The van der Waals surface area contributed by atoms with Gasteiger partial charge in [-0.1, -0.05) is 31.5 Å². The molecule has 1 aromatic rings. The molecule has 0 spiro atoms. The summed E-state index contributed by atoms with van der Waals surface area (Å²) in [6.07, 6.45) is 2.67. The fourth-order valence-corrected chi connectivity index (χ4v) is 2.54. The zero-order valence-electron chi connectivity index (χ0n) is 12.2. The monoisotopic (exact) mass is 299 g/mol. The summed E-state index contributed by atoms with van der Waals surface area (Å²) in [5.74, 6) is 0.730. The van der Waals surface area contributed by atoms with Crippen LogP contribution in [0.2, 0.25) is 5.02 Å². The molecule has 4 heteroatoms. The second kappa shape index (κ2) is 8.38. The molecule has 0 radical (unpaired) electrons. The molecule has 2 nitrogen and oxygen atoms in total. The van der Waals surface area contributed by atoms with Gasteiger partial charge < -0.3 is 5.73 Å². The highest BCUT2D eigenvalue weighted by Crippen LogP contribution is 2.21. The highest BCUT2D eigenvalue weighted by Gasteiger charge is 2.15. The highest BCUT2D eigenvalue weighted by molar-refractivity contribution is 6.30. The Morgan fingerprint density at radius 3 is 2.60 bits per heavy atom. The molecule has 1 unspecified atom stereocenters. The van der Waals surface area contributed by atoms with E-state index in [4.69, 9.17) is 17.3 Å². The first-order valence-electron chi connectivity index (χ1n) is 7.09. The van der Waals surface area contributed by atoms with Crippen molar-refractivity contribution in [1.29, 1.82) is 0 Å². The molecule has 0 saturated heterocycles. The van der Waals surface area contributed by atoms with Gasteiger partial charge >= 0.3 is 0 Å². The van der Waals surface area contributed by atoms with Crippen LogP contribution < -0.4 is 5.73 Å². The second-order valence-electron chi connectivity index (χ2n) is 5.58. The first-order valence-corrected chi connectivity index (χ1v) is 7.47. The Labute approximate surface area is 125 Å². The maximum Gasteiger partial charge on any atom is 0.141 e. The second-order valence-corrected chi connectivity index (χ2v) is 5.99. The summed E-state index contributed by atoms with van der Waals surface area (Å²) in [6.45, 7) is 4.97. The third kappa shape index (κ3) is 5.59. The predicted molar refractivity (Wildman–Crippen MR) is 81.4 cm³/mol. The quantitative estimate of drug-likeness (QED) is 0.788. The van der Waals surface area contributed by atoms with E-state index in [2.05, 4.69) is 13.8 Å². The van der Waals surface area contributed by atoms with Gasteiger partial charge in [0.1, 0.15) is 11.6 Å². The maximum atomic E-state index is 13.0. The van der Waals surface area contributed by atoms with Gasteiger partial charge in [0.05, 0.1) is 5.02 Å². The molecule has 0 fully saturated rings. The minimum atomic E-state index is -0.453. The molecule has 112 valence electrons. The van der Waals surface area contributed by atoms with Gasteiger partial charge in [0.2, 0.25) is 0 Å². The molecule has 1 rings (SSSR count). The number of carbonyl (C=O) groups is 1. The third-order valence-electron chi connectivity index (χ3n) is 3.66. The van der Waals surface area contributed by atoms with Gasteiger partial charge in [-0.05, 0) is 48.9 Å². The molecule has 1 aromatic carbocycles. The lowest BCUT2D eigenvalue weighted by Crippen LogP contribution is -2.16. The van der Waals surface area contributed by atoms with Crippen molar-refractivity contribution >= 4 is 17.4 Å². The van der Waals surface area contributed by atoms with E-state index in [1.165, 1.54) is 12.1 Å². The number of hydrogen-bond donors (Lipinski definition) is 1. The first-order chi connectivity index (χ1) is 9.43. The van der Waals surface area contributed by atoms with Crippen LogP contribution in [0.4, 0.5) is 4.39 Å². The van der Waals surface area contributed by atoms with Crippen LogP contribution in [0.15, 0.2) is 18.2 Å². The Bertz CT molecular complexity index is 448. The normalized spacial score (nSPS) is 12.7. The lowest BCUT2D eigenvalue weighted by Gasteiger charge is -2.19. The Morgan fingerprint density at radius 1 is 1.35 bits per heavy atom. The van der Waals surface area contributed by atoms with Gasteiger partial charge in [-0.15, -0.1) is 0 Å². The largest absolute Gasteiger partial charge is 0.330 e. The highest BCUT2D eigenvalue weighted by atomic mass is 35.5. The van der Waals surface area contributed by atoms with Crippen LogP contribution in [0.25, 0.3) is 0 Å². The van der Waals surface area contributed by atoms with Gasteiger partial charge in [0.25, 0.3) is 0 Å².